The van der Waals surface area contributed by atoms with Crippen molar-refractivity contribution in [3.8, 4) is 5.75 Å². The summed E-state index contributed by atoms with van der Waals surface area (Å²) in [6.07, 6.45) is -1.26. The Kier molecular flexibility index (Phi) is 6.65. The molecule has 0 spiro atoms. The van der Waals surface area contributed by atoms with Gasteiger partial charge in [0, 0.05) is 13.1 Å². The van der Waals surface area contributed by atoms with Crippen LogP contribution in [-0.4, -0.2) is 42.6 Å². The van der Waals surface area contributed by atoms with Gasteiger partial charge in [0.2, 0.25) is 0 Å². The molecule has 0 fully saturated rings. The lowest BCUT2D eigenvalue weighted by Gasteiger charge is -2.13. The lowest BCUT2D eigenvalue weighted by molar-refractivity contribution is -0.385. The first-order valence-corrected chi connectivity index (χ1v) is 6.94. The number of esters is 1. The third-order valence-electron chi connectivity index (χ3n) is 2.81. The molecule has 0 saturated carbocycles. The first-order chi connectivity index (χ1) is 11.3. The molecule has 0 radical (unpaired) electrons. The van der Waals surface area contributed by atoms with Crippen LogP contribution in [0.5, 0.6) is 5.75 Å². The Balaban J connectivity index is 2.88. The second-order valence-electron chi connectivity index (χ2n) is 4.49. The minimum absolute atomic E-state index is 0.0180. The van der Waals surface area contributed by atoms with Crippen molar-refractivity contribution in [2.45, 2.75) is 20.0 Å². The number of rotatable bonds is 6. The summed E-state index contributed by atoms with van der Waals surface area (Å²) < 4.78 is 9.99. The van der Waals surface area contributed by atoms with E-state index in [4.69, 9.17) is 9.47 Å². The van der Waals surface area contributed by atoms with E-state index in [1.165, 1.54) is 26.1 Å². The number of carbonyl (C=O) groups excluding carboxylic acids is 3. The first-order valence-electron chi connectivity index (χ1n) is 6.94. The van der Waals surface area contributed by atoms with Gasteiger partial charge in [-0.15, -0.1) is 0 Å². The van der Waals surface area contributed by atoms with Crippen molar-refractivity contribution in [3.05, 3.63) is 33.9 Å². The second kappa shape index (κ2) is 8.46. The normalized spacial score (nSPS) is 11.1. The number of urea groups is 1. The molecule has 1 aromatic carbocycles. The number of nitro benzene ring substituents is 1. The van der Waals surface area contributed by atoms with E-state index < -0.39 is 34.6 Å². The Morgan fingerprint density at radius 2 is 2.00 bits per heavy atom. The SMILES string of the molecule is CCOc1ccc(C(=O)O[C@@H](C)C(=O)NC(=O)NC)cc1[N+](=O)[O-]. The van der Waals surface area contributed by atoms with Crippen LogP contribution in [0.1, 0.15) is 24.2 Å². The van der Waals surface area contributed by atoms with Crippen LogP contribution in [0.3, 0.4) is 0 Å². The highest BCUT2D eigenvalue weighted by atomic mass is 16.6. The first kappa shape index (κ1) is 18.9. The molecule has 0 unspecified atom stereocenters. The van der Waals surface area contributed by atoms with Crippen molar-refractivity contribution in [2.75, 3.05) is 13.7 Å². The lowest BCUT2D eigenvalue weighted by Crippen LogP contribution is -2.43. The molecule has 0 aliphatic carbocycles. The molecular weight excluding hydrogens is 322 g/mol. The fourth-order valence-electron chi connectivity index (χ4n) is 1.62. The number of nitro groups is 1. The topological polar surface area (TPSA) is 137 Å². The number of carbonyl (C=O) groups is 3. The molecule has 0 bridgehead atoms. The van der Waals surface area contributed by atoms with Crippen molar-refractivity contribution in [3.63, 3.8) is 0 Å². The Morgan fingerprint density at radius 3 is 2.54 bits per heavy atom. The van der Waals surface area contributed by atoms with Crippen LogP contribution in [0.25, 0.3) is 0 Å². The summed E-state index contributed by atoms with van der Waals surface area (Å²) in [5, 5.41) is 15.1. The third kappa shape index (κ3) is 4.93. The number of nitrogens with zero attached hydrogens (tertiary/aromatic N) is 1. The van der Waals surface area contributed by atoms with E-state index in [1.807, 2.05) is 5.32 Å². The maximum Gasteiger partial charge on any atom is 0.339 e. The van der Waals surface area contributed by atoms with Crippen molar-refractivity contribution in [1.29, 1.82) is 0 Å². The molecule has 1 aromatic rings. The summed E-state index contributed by atoms with van der Waals surface area (Å²) in [6, 6.07) is 2.80. The smallest absolute Gasteiger partial charge is 0.339 e. The zero-order valence-electron chi connectivity index (χ0n) is 13.3. The van der Waals surface area contributed by atoms with E-state index in [-0.39, 0.29) is 17.9 Å². The van der Waals surface area contributed by atoms with Crippen molar-refractivity contribution in [1.82, 2.24) is 10.6 Å². The van der Waals surface area contributed by atoms with E-state index in [9.17, 15) is 24.5 Å². The van der Waals surface area contributed by atoms with Crippen LogP contribution in [0.4, 0.5) is 10.5 Å². The van der Waals surface area contributed by atoms with E-state index in [0.29, 0.717) is 0 Å². The highest BCUT2D eigenvalue weighted by molar-refractivity contribution is 5.98. The van der Waals surface area contributed by atoms with Gasteiger partial charge in [0.25, 0.3) is 5.91 Å². The Labute approximate surface area is 137 Å². The molecule has 0 aromatic heterocycles. The number of ether oxygens (including phenoxy) is 2. The number of amides is 3. The van der Waals surface area contributed by atoms with Gasteiger partial charge in [0.1, 0.15) is 0 Å². The van der Waals surface area contributed by atoms with E-state index >= 15 is 0 Å². The van der Waals surface area contributed by atoms with Gasteiger partial charge in [-0.05, 0) is 26.0 Å². The molecule has 0 saturated heterocycles. The molecule has 1 atom stereocenters. The molecule has 2 N–H and O–H groups in total. The lowest BCUT2D eigenvalue weighted by atomic mass is 10.2. The molecule has 0 aliphatic heterocycles. The van der Waals surface area contributed by atoms with Crippen LogP contribution >= 0.6 is 0 Å². The van der Waals surface area contributed by atoms with Crippen LogP contribution in [-0.2, 0) is 9.53 Å². The number of hydrogen-bond donors (Lipinski definition) is 2. The summed E-state index contributed by atoms with van der Waals surface area (Å²) in [4.78, 5) is 45.0. The maximum absolute atomic E-state index is 12.0. The van der Waals surface area contributed by atoms with Gasteiger partial charge in [-0.25, -0.2) is 9.59 Å². The fraction of sp³-hybridized carbons (Fsp3) is 0.357. The number of benzene rings is 1. The average Bonchev–Trinajstić information content (AvgIpc) is 2.54. The van der Waals surface area contributed by atoms with Crippen LogP contribution < -0.4 is 15.4 Å². The minimum Gasteiger partial charge on any atom is -0.487 e. The summed E-state index contributed by atoms with van der Waals surface area (Å²) in [6.45, 7) is 3.15. The van der Waals surface area contributed by atoms with Crippen molar-refractivity contribution < 1.29 is 28.8 Å². The summed E-state index contributed by atoms with van der Waals surface area (Å²) in [5.74, 6) is -1.76. The molecule has 24 heavy (non-hydrogen) atoms. The molecule has 0 aliphatic rings. The number of imide groups is 1. The monoisotopic (exact) mass is 339 g/mol. The highest BCUT2D eigenvalue weighted by Gasteiger charge is 2.23. The minimum atomic E-state index is -1.26. The van der Waals surface area contributed by atoms with Gasteiger partial charge in [-0.1, -0.05) is 0 Å². The van der Waals surface area contributed by atoms with E-state index in [1.54, 1.807) is 6.92 Å². The van der Waals surface area contributed by atoms with Crippen molar-refractivity contribution in [2.24, 2.45) is 0 Å². The van der Waals surface area contributed by atoms with Gasteiger partial charge in [0.15, 0.2) is 11.9 Å². The largest absolute Gasteiger partial charge is 0.487 e. The van der Waals surface area contributed by atoms with Gasteiger partial charge in [-0.3, -0.25) is 20.2 Å². The molecular formula is C14H17N3O7. The third-order valence-corrected chi connectivity index (χ3v) is 2.81. The molecule has 10 nitrogen and oxygen atoms in total. The van der Waals surface area contributed by atoms with Gasteiger partial charge >= 0.3 is 17.7 Å². The highest BCUT2D eigenvalue weighted by Crippen LogP contribution is 2.28. The van der Waals surface area contributed by atoms with E-state index in [0.717, 1.165) is 6.07 Å². The molecule has 0 heterocycles. The predicted molar refractivity (Wildman–Crippen MR) is 81.7 cm³/mol. The molecule has 1 rings (SSSR count). The number of nitrogens with one attached hydrogen (secondary N) is 2. The second-order valence-corrected chi connectivity index (χ2v) is 4.49. The van der Waals surface area contributed by atoms with Crippen LogP contribution in [0.2, 0.25) is 0 Å². The molecule has 10 heteroatoms. The fourth-order valence-corrected chi connectivity index (χ4v) is 1.62. The Hall–Kier alpha value is -3.17. The van der Waals surface area contributed by atoms with Crippen molar-refractivity contribution >= 4 is 23.6 Å². The Morgan fingerprint density at radius 1 is 1.33 bits per heavy atom. The maximum atomic E-state index is 12.0. The quantitative estimate of drug-likeness (QED) is 0.448. The van der Waals surface area contributed by atoms with Crippen LogP contribution in [0, 0.1) is 10.1 Å². The standard InChI is InChI=1S/C14H17N3O7/c1-4-23-11-6-5-9(7-10(11)17(21)22)13(19)24-8(2)12(18)16-14(20)15-3/h5-8H,4H2,1-3H3,(H2,15,16,18,20)/t8-/m0/s1. The average molecular weight is 339 g/mol. The zero-order chi connectivity index (χ0) is 18.3. The van der Waals surface area contributed by atoms with Gasteiger partial charge < -0.3 is 14.8 Å². The van der Waals surface area contributed by atoms with E-state index in [2.05, 4.69) is 5.32 Å². The van der Waals surface area contributed by atoms with Gasteiger partial charge in [-0.2, -0.15) is 0 Å². The summed E-state index contributed by atoms with van der Waals surface area (Å²) in [7, 11) is 1.32. The predicted octanol–water partition coefficient (Wildman–Crippen LogP) is 0.994. The molecule has 130 valence electrons. The van der Waals surface area contributed by atoms with Gasteiger partial charge in [0.05, 0.1) is 17.1 Å². The Bertz CT molecular complexity index is 660. The van der Waals surface area contributed by atoms with Crippen LogP contribution in [0.15, 0.2) is 18.2 Å². The summed E-state index contributed by atoms with van der Waals surface area (Å²) in [5.41, 5.74) is -0.515. The molecule has 3 amide bonds. The number of hydrogen-bond acceptors (Lipinski definition) is 7. The zero-order valence-corrected chi connectivity index (χ0v) is 13.3. The summed E-state index contributed by atoms with van der Waals surface area (Å²) >= 11 is 0.